The molecule has 0 aliphatic carbocycles. The molecular weight excluding hydrogens is 326 g/mol. The Bertz CT molecular complexity index is 646. The van der Waals surface area contributed by atoms with Crippen LogP contribution in [0.25, 0.3) is 0 Å². The van der Waals surface area contributed by atoms with E-state index in [-0.39, 0.29) is 5.91 Å². The predicted octanol–water partition coefficient (Wildman–Crippen LogP) is 3.91. The molecule has 0 heterocycles. The maximum absolute atomic E-state index is 11.6. The number of halogens is 1. The number of hydrogen-bond acceptors (Lipinski definition) is 3. The Kier molecular flexibility index (Phi) is 7.43. The summed E-state index contributed by atoms with van der Waals surface area (Å²) in [6, 6.07) is 15.6. The number of alkyl halides is 1. The molecule has 0 radical (unpaired) electrons. The molecule has 0 aromatic heterocycles. The minimum absolute atomic E-state index is 0.000907. The first-order valence-corrected chi connectivity index (χ1v) is 8.42. The highest BCUT2D eigenvalue weighted by molar-refractivity contribution is 6.17. The molecule has 0 saturated carbocycles. The van der Waals surface area contributed by atoms with Gasteiger partial charge in [-0.1, -0.05) is 36.4 Å². The first-order valence-electron chi connectivity index (χ1n) is 7.89. The molecule has 2 rings (SSSR count). The third-order valence-electron chi connectivity index (χ3n) is 3.49. The zero-order valence-corrected chi connectivity index (χ0v) is 14.5. The number of benzene rings is 2. The Balaban J connectivity index is 1.93. The van der Waals surface area contributed by atoms with Crippen LogP contribution in [0.15, 0.2) is 48.5 Å². The van der Waals surface area contributed by atoms with Gasteiger partial charge in [0.1, 0.15) is 6.61 Å². The first kappa shape index (κ1) is 18.1. The molecule has 128 valence electrons. The number of amides is 1. The topological polar surface area (TPSA) is 47.6 Å². The van der Waals surface area contributed by atoms with Gasteiger partial charge in [-0.05, 0) is 29.7 Å². The molecule has 0 atom stereocenters. The van der Waals surface area contributed by atoms with Gasteiger partial charge in [-0.3, -0.25) is 4.79 Å². The van der Waals surface area contributed by atoms with Gasteiger partial charge in [0.15, 0.2) is 11.5 Å². The van der Waals surface area contributed by atoms with E-state index in [1.165, 1.54) is 0 Å². The average Bonchev–Trinajstić information content (AvgIpc) is 2.64. The van der Waals surface area contributed by atoms with E-state index in [2.05, 4.69) is 5.32 Å². The number of hydrogen-bond donors (Lipinski definition) is 1. The molecule has 2 aromatic rings. The molecule has 4 nitrogen and oxygen atoms in total. The molecule has 0 unspecified atom stereocenters. The smallest absolute Gasteiger partial charge is 0.220 e. The van der Waals surface area contributed by atoms with Crippen molar-refractivity contribution in [2.75, 3.05) is 13.0 Å². The summed E-state index contributed by atoms with van der Waals surface area (Å²) in [6.07, 6.45) is 1.13. The summed E-state index contributed by atoms with van der Waals surface area (Å²) in [6.45, 7) is 0.933. The minimum atomic E-state index is -0.000907. The summed E-state index contributed by atoms with van der Waals surface area (Å²) >= 11 is 5.58. The van der Waals surface area contributed by atoms with E-state index in [4.69, 9.17) is 21.1 Å². The highest BCUT2D eigenvalue weighted by Crippen LogP contribution is 2.28. The number of methoxy groups -OCH3 is 1. The summed E-state index contributed by atoms with van der Waals surface area (Å²) in [7, 11) is 1.60. The van der Waals surface area contributed by atoms with Crippen molar-refractivity contribution in [2.24, 2.45) is 0 Å². The summed E-state index contributed by atoms with van der Waals surface area (Å²) < 4.78 is 11.2. The van der Waals surface area contributed by atoms with Crippen LogP contribution in [0.1, 0.15) is 24.0 Å². The van der Waals surface area contributed by atoms with Gasteiger partial charge < -0.3 is 14.8 Å². The molecule has 2 aromatic carbocycles. The minimum Gasteiger partial charge on any atom is -0.493 e. The third-order valence-corrected chi connectivity index (χ3v) is 3.76. The lowest BCUT2D eigenvalue weighted by Crippen LogP contribution is -2.22. The van der Waals surface area contributed by atoms with Crippen molar-refractivity contribution in [3.05, 3.63) is 59.7 Å². The first-order chi connectivity index (χ1) is 11.7. The lowest BCUT2D eigenvalue weighted by Gasteiger charge is -2.13. The molecule has 0 fully saturated rings. The van der Waals surface area contributed by atoms with Crippen molar-refractivity contribution in [3.8, 4) is 11.5 Å². The number of rotatable bonds is 9. The highest BCUT2D eigenvalue weighted by Gasteiger charge is 2.07. The van der Waals surface area contributed by atoms with Crippen LogP contribution in [0.3, 0.4) is 0 Å². The second-order valence-corrected chi connectivity index (χ2v) is 5.71. The monoisotopic (exact) mass is 347 g/mol. The zero-order valence-electron chi connectivity index (χ0n) is 13.8. The fourth-order valence-corrected chi connectivity index (χ4v) is 2.33. The van der Waals surface area contributed by atoms with Gasteiger partial charge in [-0.2, -0.15) is 0 Å². The van der Waals surface area contributed by atoms with E-state index in [1.807, 2.05) is 48.5 Å². The maximum atomic E-state index is 11.6. The average molecular weight is 348 g/mol. The second-order valence-electron chi connectivity index (χ2n) is 5.33. The van der Waals surface area contributed by atoms with E-state index in [0.29, 0.717) is 43.4 Å². The van der Waals surface area contributed by atoms with Gasteiger partial charge in [-0.15, -0.1) is 11.6 Å². The van der Waals surface area contributed by atoms with E-state index >= 15 is 0 Å². The van der Waals surface area contributed by atoms with Crippen LogP contribution in [0.5, 0.6) is 11.5 Å². The molecule has 0 aliphatic rings. The zero-order chi connectivity index (χ0) is 17.2. The van der Waals surface area contributed by atoms with Gasteiger partial charge in [0, 0.05) is 18.8 Å². The summed E-state index contributed by atoms with van der Waals surface area (Å²) in [5.74, 6) is 1.82. The van der Waals surface area contributed by atoms with Gasteiger partial charge in [0.25, 0.3) is 0 Å². The van der Waals surface area contributed by atoms with Crippen LogP contribution in [0.4, 0.5) is 0 Å². The van der Waals surface area contributed by atoms with Crippen LogP contribution in [-0.4, -0.2) is 18.9 Å². The molecular formula is C19H22ClNO3. The summed E-state index contributed by atoms with van der Waals surface area (Å²) in [5.41, 5.74) is 2.05. The Hall–Kier alpha value is -2.20. The summed E-state index contributed by atoms with van der Waals surface area (Å²) in [4.78, 5) is 11.6. The Morgan fingerprint density at radius 3 is 2.58 bits per heavy atom. The fourth-order valence-electron chi connectivity index (χ4n) is 2.19. The SMILES string of the molecule is COc1cc(CNC(=O)CCCCl)ccc1OCc1ccccc1. The lowest BCUT2D eigenvalue weighted by molar-refractivity contribution is -0.121. The third kappa shape index (κ3) is 5.78. The van der Waals surface area contributed by atoms with Crippen LogP contribution in [0.2, 0.25) is 0 Å². The van der Waals surface area contributed by atoms with E-state index in [1.54, 1.807) is 7.11 Å². The Morgan fingerprint density at radius 1 is 1.08 bits per heavy atom. The number of carbonyl (C=O) groups excluding carboxylic acids is 1. The summed E-state index contributed by atoms with van der Waals surface area (Å²) in [5, 5.41) is 2.87. The normalized spacial score (nSPS) is 10.2. The standard InChI is InChI=1S/C19H22ClNO3/c1-23-18-12-16(13-21-19(22)8-5-11-20)9-10-17(18)24-14-15-6-3-2-4-7-15/h2-4,6-7,9-10,12H,5,8,11,13-14H2,1H3,(H,21,22). The van der Waals surface area contributed by atoms with Crippen LogP contribution >= 0.6 is 11.6 Å². The molecule has 0 spiro atoms. The van der Waals surface area contributed by atoms with Crippen molar-refractivity contribution >= 4 is 17.5 Å². The fraction of sp³-hybridized carbons (Fsp3) is 0.316. The number of carbonyl (C=O) groups is 1. The number of ether oxygens (including phenoxy) is 2. The van der Waals surface area contributed by atoms with Crippen molar-refractivity contribution < 1.29 is 14.3 Å². The van der Waals surface area contributed by atoms with Crippen molar-refractivity contribution in [3.63, 3.8) is 0 Å². The molecule has 0 saturated heterocycles. The highest BCUT2D eigenvalue weighted by atomic mass is 35.5. The largest absolute Gasteiger partial charge is 0.493 e. The molecule has 5 heteroatoms. The molecule has 1 N–H and O–H groups in total. The van der Waals surface area contributed by atoms with Crippen LogP contribution in [0, 0.1) is 0 Å². The Labute approximate surface area is 147 Å². The van der Waals surface area contributed by atoms with Gasteiger partial charge in [-0.25, -0.2) is 0 Å². The molecule has 0 aliphatic heterocycles. The maximum Gasteiger partial charge on any atom is 0.220 e. The predicted molar refractivity (Wildman–Crippen MR) is 95.6 cm³/mol. The van der Waals surface area contributed by atoms with E-state index in [9.17, 15) is 4.79 Å². The van der Waals surface area contributed by atoms with Crippen LogP contribution < -0.4 is 14.8 Å². The van der Waals surface area contributed by atoms with Gasteiger partial charge in [0.2, 0.25) is 5.91 Å². The lowest BCUT2D eigenvalue weighted by atomic mass is 10.2. The molecule has 1 amide bonds. The quantitative estimate of drug-likeness (QED) is 0.700. The molecule has 24 heavy (non-hydrogen) atoms. The van der Waals surface area contributed by atoms with Crippen molar-refractivity contribution in [1.29, 1.82) is 0 Å². The second kappa shape index (κ2) is 9.83. The van der Waals surface area contributed by atoms with Gasteiger partial charge >= 0.3 is 0 Å². The number of nitrogens with one attached hydrogen (secondary N) is 1. The van der Waals surface area contributed by atoms with Gasteiger partial charge in [0.05, 0.1) is 7.11 Å². The van der Waals surface area contributed by atoms with Crippen LogP contribution in [-0.2, 0) is 17.9 Å². The van der Waals surface area contributed by atoms with E-state index < -0.39 is 0 Å². The van der Waals surface area contributed by atoms with Crippen molar-refractivity contribution in [1.82, 2.24) is 5.32 Å². The van der Waals surface area contributed by atoms with E-state index in [0.717, 1.165) is 11.1 Å². The molecule has 0 bridgehead atoms. The van der Waals surface area contributed by atoms with Crippen molar-refractivity contribution in [2.45, 2.75) is 26.0 Å². The Morgan fingerprint density at radius 2 is 1.88 bits per heavy atom.